The average molecular weight is 331 g/mol. The van der Waals surface area contributed by atoms with Crippen LogP contribution < -0.4 is 5.32 Å². The van der Waals surface area contributed by atoms with Crippen molar-refractivity contribution in [2.75, 3.05) is 18.9 Å². The lowest BCUT2D eigenvalue weighted by Crippen LogP contribution is -2.30. The van der Waals surface area contributed by atoms with Crippen LogP contribution in [0.15, 0.2) is 30.5 Å². The molecule has 2 rings (SSSR count). The second kappa shape index (κ2) is 7.69. The van der Waals surface area contributed by atoms with Gasteiger partial charge in [-0.05, 0) is 27.0 Å². The number of nitro benzene ring substituents is 1. The normalized spacial score (nSPS) is 10.8. The molecular formula is C16H21N5O3. The van der Waals surface area contributed by atoms with Crippen LogP contribution in [-0.2, 0) is 17.9 Å². The highest BCUT2D eigenvalue weighted by Gasteiger charge is 2.16. The van der Waals surface area contributed by atoms with Crippen molar-refractivity contribution in [3.05, 3.63) is 51.8 Å². The van der Waals surface area contributed by atoms with Gasteiger partial charge in [-0.3, -0.25) is 24.5 Å². The zero-order chi connectivity index (χ0) is 17.7. The number of rotatable bonds is 7. The van der Waals surface area contributed by atoms with E-state index < -0.39 is 4.92 Å². The fourth-order valence-electron chi connectivity index (χ4n) is 2.48. The molecule has 0 saturated heterocycles. The molecule has 0 bridgehead atoms. The lowest BCUT2D eigenvalue weighted by atomic mass is 10.2. The quantitative estimate of drug-likeness (QED) is 0.620. The molecule has 1 N–H and O–H groups in total. The van der Waals surface area contributed by atoms with Crippen LogP contribution in [0.5, 0.6) is 0 Å². The molecular weight excluding hydrogens is 310 g/mol. The van der Waals surface area contributed by atoms with Crippen LogP contribution >= 0.6 is 0 Å². The predicted molar refractivity (Wildman–Crippen MR) is 90.7 cm³/mol. The van der Waals surface area contributed by atoms with Gasteiger partial charge in [-0.2, -0.15) is 5.10 Å². The first-order valence-electron chi connectivity index (χ1n) is 7.65. The zero-order valence-electron chi connectivity index (χ0n) is 14.0. The van der Waals surface area contributed by atoms with E-state index in [-0.39, 0.29) is 23.8 Å². The Morgan fingerprint density at radius 1 is 1.42 bits per heavy atom. The number of hydrogen-bond donors (Lipinski definition) is 1. The number of carbonyl (C=O) groups is 1. The number of benzene rings is 1. The predicted octanol–water partition coefficient (Wildman–Crippen LogP) is 2.19. The van der Waals surface area contributed by atoms with Gasteiger partial charge < -0.3 is 5.32 Å². The molecule has 0 aliphatic heterocycles. The summed E-state index contributed by atoms with van der Waals surface area (Å²) >= 11 is 0. The minimum absolute atomic E-state index is 0.117. The molecule has 1 amide bonds. The molecule has 0 radical (unpaired) electrons. The topological polar surface area (TPSA) is 93.3 Å². The van der Waals surface area contributed by atoms with E-state index >= 15 is 0 Å². The summed E-state index contributed by atoms with van der Waals surface area (Å²) in [5, 5.41) is 17.8. The first-order valence-corrected chi connectivity index (χ1v) is 7.65. The number of aryl methyl sites for hydroxylation is 1. The average Bonchev–Trinajstić information content (AvgIpc) is 2.87. The Kier molecular flexibility index (Phi) is 5.64. The summed E-state index contributed by atoms with van der Waals surface area (Å²) in [5.41, 5.74) is 2.21. The molecule has 0 aliphatic rings. The maximum Gasteiger partial charge on any atom is 0.292 e. The van der Waals surface area contributed by atoms with E-state index in [1.54, 1.807) is 18.3 Å². The van der Waals surface area contributed by atoms with Crippen LogP contribution in [0.2, 0.25) is 0 Å². The fourth-order valence-corrected chi connectivity index (χ4v) is 2.48. The Balaban J connectivity index is 1.97. The summed E-state index contributed by atoms with van der Waals surface area (Å²) < 4.78 is 1.90. The van der Waals surface area contributed by atoms with Crippen molar-refractivity contribution in [1.29, 1.82) is 0 Å². The summed E-state index contributed by atoms with van der Waals surface area (Å²) in [7, 11) is 1.82. The number of carbonyl (C=O) groups excluding carboxylic acids is 1. The van der Waals surface area contributed by atoms with Gasteiger partial charge in [-0.15, -0.1) is 0 Å². The summed E-state index contributed by atoms with van der Waals surface area (Å²) in [4.78, 5) is 24.4. The maximum absolute atomic E-state index is 12.1. The molecule has 0 unspecified atom stereocenters. The van der Waals surface area contributed by atoms with Crippen molar-refractivity contribution >= 4 is 17.3 Å². The second-order valence-electron chi connectivity index (χ2n) is 5.57. The summed E-state index contributed by atoms with van der Waals surface area (Å²) in [5.74, 6) is -0.299. The van der Waals surface area contributed by atoms with E-state index in [0.717, 1.165) is 17.8 Å². The van der Waals surface area contributed by atoms with Crippen molar-refractivity contribution in [3.8, 4) is 0 Å². The van der Waals surface area contributed by atoms with Gasteiger partial charge in [0.2, 0.25) is 5.91 Å². The first-order chi connectivity index (χ1) is 11.4. The van der Waals surface area contributed by atoms with Crippen LogP contribution in [-0.4, -0.2) is 39.1 Å². The smallest absolute Gasteiger partial charge is 0.292 e. The number of nitro groups is 1. The highest BCUT2D eigenvalue weighted by Crippen LogP contribution is 2.23. The zero-order valence-corrected chi connectivity index (χ0v) is 14.0. The van der Waals surface area contributed by atoms with Crippen LogP contribution in [0.25, 0.3) is 0 Å². The number of anilines is 1. The molecule has 0 saturated carbocycles. The molecule has 8 nitrogen and oxygen atoms in total. The maximum atomic E-state index is 12.1. The third-order valence-corrected chi connectivity index (χ3v) is 3.73. The van der Waals surface area contributed by atoms with E-state index in [4.69, 9.17) is 0 Å². The van der Waals surface area contributed by atoms with E-state index in [2.05, 4.69) is 10.4 Å². The van der Waals surface area contributed by atoms with Gasteiger partial charge in [0.05, 0.1) is 17.7 Å². The molecule has 24 heavy (non-hydrogen) atoms. The van der Waals surface area contributed by atoms with E-state index in [1.165, 1.54) is 12.1 Å². The summed E-state index contributed by atoms with van der Waals surface area (Å²) in [6.07, 6.45) is 1.80. The summed E-state index contributed by atoms with van der Waals surface area (Å²) in [6.45, 7) is 5.52. The molecule has 2 aromatic rings. The van der Waals surface area contributed by atoms with Gasteiger partial charge in [-0.1, -0.05) is 12.1 Å². The van der Waals surface area contributed by atoms with Crippen LogP contribution in [0.3, 0.4) is 0 Å². The number of aromatic nitrogens is 2. The number of para-hydroxylation sites is 2. The lowest BCUT2D eigenvalue weighted by molar-refractivity contribution is -0.383. The van der Waals surface area contributed by atoms with Gasteiger partial charge in [0, 0.05) is 30.4 Å². The fraction of sp³-hybridized carbons (Fsp3) is 0.375. The van der Waals surface area contributed by atoms with Gasteiger partial charge >= 0.3 is 0 Å². The number of likely N-dealkylation sites (N-methyl/N-ethyl adjacent to an activating group) is 1. The van der Waals surface area contributed by atoms with E-state index in [0.29, 0.717) is 6.54 Å². The van der Waals surface area contributed by atoms with E-state index in [9.17, 15) is 14.9 Å². The Hall–Kier alpha value is -2.74. The standard InChI is InChI=1S/C16H21N5O3/c1-4-20-12(2)13(9-17-20)10-19(3)11-16(22)18-14-7-5-6-8-15(14)21(23)24/h5-9H,4,10-11H2,1-3H3,(H,18,22). The minimum Gasteiger partial charge on any atom is -0.319 e. The molecule has 0 atom stereocenters. The van der Waals surface area contributed by atoms with Crippen molar-refractivity contribution in [1.82, 2.24) is 14.7 Å². The number of nitrogens with one attached hydrogen (secondary N) is 1. The molecule has 0 aliphatic carbocycles. The molecule has 8 heteroatoms. The number of nitrogens with zero attached hydrogens (tertiary/aromatic N) is 4. The highest BCUT2D eigenvalue weighted by atomic mass is 16.6. The lowest BCUT2D eigenvalue weighted by Gasteiger charge is -2.16. The molecule has 128 valence electrons. The van der Waals surface area contributed by atoms with Crippen molar-refractivity contribution in [2.45, 2.75) is 26.9 Å². The molecule has 1 aromatic heterocycles. The molecule has 1 aromatic carbocycles. The minimum atomic E-state index is -0.512. The monoisotopic (exact) mass is 331 g/mol. The largest absolute Gasteiger partial charge is 0.319 e. The second-order valence-corrected chi connectivity index (χ2v) is 5.57. The van der Waals surface area contributed by atoms with Crippen LogP contribution in [0.1, 0.15) is 18.2 Å². The Bertz CT molecular complexity index is 741. The van der Waals surface area contributed by atoms with Crippen molar-refractivity contribution in [3.63, 3.8) is 0 Å². The molecule has 1 heterocycles. The van der Waals surface area contributed by atoms with Crippen molar-refractivity contribution in [2.24, 2.45) is 0 Å². The highest BCUT2D eigenvalue weighted by molar-refractivity contribution is 5.94. The van der Waals surface area contributed by atoms with Gasteiger partial charge in [0.25, 0.3) is 5.69 Å². The Morgan fingerprint density at radius 2 is 2.12 bits per heavy atom. The third-order valence-electron chi connectivity index (χ3n) is 3.73. The summed E-state index contributed by atoms with van der Waals surface area (Å²) in [6, 6.07) is 6.09. The van der Waals surface area contributed by atoms with Crippen LogP contribution in [0.4, 0.5) is 11.4 Å². The van der Waals surface area contributed by atoms with Gasteiger partial charge in [0.1, 0.15) is 5.69 Å². The number of amides is 1. The Labute approximate surface area is 140 Å². The van der Waals surface area contributed by atoms with E-state index in [1.807, 2.05) is 30.5 Å². The SMILES string of the molecule is CCn1ncc(CN(C)CC(=O)Nc2ccccc2[N+](=O)[O-])c1C. The number of hydrogen-bond acceptors (Lipinski definition) is 5. The molecule has 0 spiro atoms. The van der Waals surface area contributed by atoms with Gasteiger partial charge in [0.15, 0.2) is 0 Å². The third kappa shape index (κ3) is 4.17. The van der Waals surface area contributed by atoms with Crippen LogP contribution in [0, 0.1) is 17.0 Å². The van der Waals surface area contributed by atoms with Gasteiger partial charge in [-0.25, -0.2) is 0 Å². The molecule has 0 fully saturated rings. The van der Waals surface area contributed by atoms with Crippen molar-refractivity contribution < 1.29 is 9.72 Å². The first kappa shape index (κ1) is 17.6. The Morgan fingerprint density at radius 3 is 2.75 bits per heavy atom.